The predicted octanol–water partition coefficient (Wildman–Crippen LogP) is 3.05. The normalized spacial score (nSPS) is 18.3. The average molecular weight is 315 g/mol. The molecule has 2 rings (SSSR count). The van der Waals surface area contributed by atoms with Crippen LogP contribution in [0.1, 0.15) is 29.6 Å². The number of hydrogen-bond donors (Lipinski definition) is 0. The molecule has 0 radical (unpaired) electrons. The van der Waals surface area contributed by atoms with Crippen LogP contribution in [0.5, 0.6) is 5.75 Å². The van der Waals surface area contributed by atoms with Crippen molar-refractivity contribution in [1.82, 2.24) is 0 Å². The smallest absolute Gasteiger partial charge is 0.341 e. The topological polar surface area (TPSA) is 54.0 Å². The molecule has 1 unspecified atom stereocenters. The quantitative estimate of drug-likeness (QED) is 0.596. The Kier molecular flexibility index (Phi) is 6.29. The van der Waals surface area contributed by atoms with Crippen molar-refractivity contribution in [2.75, 3.05) is 26.9 Å². The fraction of sp³-hybridized carbons (Fsp3) is 0.533. The fourth-order valence-corrected chi connectivity index (χ4v) is 2.32. The number of carbonyl (C=O) groups excluding carboxylic acids is 1. The first-order valence-electron chi connectivity index (χ1n) is 6.95. The number of carbonyl (C=O) groups is 1. The molecule has 6 heteroatoms. The van der Waals surface area contributed by atoms with Gasteiger partial charge in [0.05, 0.1) is 18.7 Å². The van der Waals surface area contributed by atoms with Gasteiger partial charge in [0.1, 0.15) is 12.2 Å². The number of methoxy groups -OCH3 is 1. The Morgan fingerprint density at radius 1 is 1.38 bits per heavy atom. The van der Waals surface area contributed by atoms with Crippen LogP contribution in [-0.2, 0) is 14.2 Å². The maximum atomic E-state index is 11.7. The van der Waals surface area contributed by atoms with Gasteiger partial charge >= 0.3 is 5.97 Å². The van der Waals surface area contributed by atoms with E-state index < -0.39 is 5.97 Å². The minimum absolute atomic E-state index is 0.159. The Bertz CT molecular complexity index is 471. The summed E-state index contributed by atoms with van der Waals surface area (Å²) in [5.74, 6) is -0.164. The van der Waals surface area contributed by atoms with E-state index in [4.69, 9.17) is 30.5 Å². The van der Waals surface area contributed by atoms with E-state index >= 15 is 0 Å². The molecule has 1 fully saturated rings. The maximum absolute atomic E-state index is 11.7. The molecular weight excluding hydrogens is 296 g/mol. The Hall–Kier alpha value is -1.30. The summed E-state index contributed by atoms with van der Waals surface area (Å²) >= 11 is 6.06. The number of para-hydroxylation sites is 1. The molecule has 0 aromatic heterocycles. The maximum Gasteiger partial charge on any atom is 0.341 e. The summed E-state index contributed by atoms with van der Waals surface area (Å²) < 4.78 is 21.3. The van der Waals surface area contributed by atoms with Crippen LogP contribution in [0.4, 0.5) is 0 Å². The number of rotatable bonds is 6. The molecule has 0 amide bonds. The van der Waals surface area contributed by atoms with Gasteiger partial charge in [-0.15, -0.1) is 0 Å². The summed E-state index contributed by atoms with van der Waals surface area (Å²) in [4.78, 5) is 11.7. The molecule has 1 aromatic rings. The molecule has 21 heavy (non-hydrogen) atoms. The number of halogens is 1. The second-order valence-corrected chi connectivity index (χ2v) is 5.03. The van der Waals surface area contributed by atoms with Crippen LogP contribution in [0, 0.1) is 0 Å². The Labute approximate surface area is 129 Å². The third-order valence-electron chi connectivity index (χ3n) is 3.14. The molecule has 1 aliphatic heterocycles. The standard InChI is InChI=1S/C15H19ClO5/c1-18-15(17)11-5-4-6-12(16)14(11)21-10-9-20-13-7-2-3-8-19-13/h4-6,13H,2-3,7-10H2,1H3. The summed E-state index contributed by atoms with van der Waals surface area (Å²) in [5, 5.41) is 0.367. The summed E-state index contributed by atoms with van der Waals surface area (Å²) in [6.07, 6.45) is 2.94. The monoisotopic (exact) mass is 314 g/mol. The van der Waals surface area contributed by atoms with Gasteiger partial charge in [0.25, 0.3) is 0 Å². The molecule has 1 aromatic carbocycles. The van der Waals surface area contributed by atoms with Crippen molar-refractivity contribution in [1.29, 1.82) is 0 Å². The van der Waals surface area contributed by atoms with Gasteiger partial charge in [0, 0.05) is 6.61 Å². The van der Waals surface area contributed by atoms with Crippen LogP contribution >= 0.6 is 11.6 Å². The van der Waals surface area contributed by atoms with E-state index in [-0.39, 0.29) is 12.9 Å². The van der Waals surface area contributed by atoms with E-state index in [1.807, 2.05) is 0 Å². The second kappa shape index (κ2) is 8.22. The van der Waals surface area contributed by atoms with Gasteiger partial charge in [-0.05, 0) is 31.4 Å². The number of esters is 1. The van der Waals surface area contributed by atoms with Gasteiger partial charge in [-0.2, -0.15) is 0 Å². The lowest BCUT2D eigenvalue weighted by atomic mass is 10.2. The van der Waals surface area contributed by atoms with E-state index in [1.165, 1.54) is 7.11 Å². The first-order chi connectivity index (χ1) is 10.2. The number of hydrogen-bond acceptors (Lipinski definition) is 5. The van der Waals surface area contributed by atoms with Crippen LogP contribution in [0.25, 0.3) is 0 Å². The van der Waals surface area contributed by atoms with Crippen molar-refractivity contribution < 1.29 is 23.7 Å². The molecule has 1 heterocycles. The van der Waals surface area contributed by atoms with Crippen molar-refractivity contribution in [3.63, 3.8) is 0 Å². The molecule has 0 aliphatic carbocycles. The highest BCUT2D eigenvalue weighted by molar-refractivity contribution is 6.32. The number of benzene rings is 1. The average Bonchev–Trinajstić information content (AvgIpc) is 2.53. The van der Waals surface area contributed by atoms with Gasteiger partial charge in [0.15, 0.2) is 12.0 Å². The van der Waals surface area contributed by atoms with E-state index in [0.717, 1.165) is 25.9 Å². The summed E-state index contributed by atoms with van der Waals surface area (Å²) in [7, 11) is 1.32. The Morgan fingerprint density at radius 2 is 2.24 bits per heavy atom. The van der Waals surface area contributed by atoms with Crippen molar-refractivity contribution in [3.8, 4) is 5.75 Å². The van der Waals surface area contributed by atoms with Crippen molar-refractivity contribution in [3.05, 3.63) is 28.8 Å². The van der Waals surface area contributed by atoms with Gasteiger partial charge < -0.3 is 18.9 Å². The van der Waals surface area contributed by atoms with Crippen molar-refractivity contribution >= 4 is 17.6 Å². The number of ether oxygens (including phenoxy) is 4. The van der Waals surface area contributed by atoms with Crippen LogP contribution in [0.3, 0.4) is 0 Å². The largest absolute Gasteiger partial charge is 0.489 e. The molecule has 1 aliphatic rings. The minimum atomic E-state index is -0.482. The molecule has 0 N–H and O–H groups in total. The third kappa shape index (κ3) is 4.59. The highest BCUT2D eigenvalue weighted by atomic mass is 35.5. The Morgan fingerprint density at radius 3 is 2.95 bits per heavy atom. The molecule has 0 saturated carbocycles. The molecule has 1 saturated heterocycles. The molecule has 116 valence electrons. The van der Waals surface area contributed by atoms with Gasteiger partial charge in [-0.25, -0.2) is 4.79 Å². The van der Waals surface area contributed by atoms with Crippen LogP contribution in [0.15, 0.2) is 18.2 Å². The van der Waals surface area contributed by atoms with Crippen molar-refractivity contribution in [2.45, 2.75) is 25.6 Å². The van der Waals surface area contributed by atoms with E-state index in [0.29, 0.717) is 22.9 Å². The lowest BCUT2D eigenvalue weighted by molar-refractivity contribution is -0.165. The summed E-state index contributed by atoms with van der Waals surface area (Å²) in [6.45, 7) is 1.40. The summed E-state index contributed by atoms with van der Waals surface area (Å²) in [6, 6.07) is 4.94. The molecule has 0 spiro atoms. The van der Waals surface area contributed by atoms with Crippen LogP contribution < -0.4 is 4.74 Å². The fourth-order valence-electron chi connectivity index (χ4n) is 2.09. The zero-order valence-corrected chi connectivity index (χ0v) is 12.7. The van der Waals surface area contributed by atoms with Crippen LogP contribution in [-0.4, -0.2) is 39.2 Å². The molecular formula is C15H19ClO5. The zero-order chi connectivity index (χ0) is 15.1. The van der Waals surface area contributed by atoms with Crippen molar-refractivity contribution in [2.24, 2.45) is 0 Å². The zero-order valence-electron chi connectivity index (χ0n) is 12.0. The SMILES string of the molecule is COC(=O)c1cccc(Cl)c1OCCOC1CCCCO1. The van der Waals surface area contributed by atoms with E-state index in [9.17, 15) is 4.79 Å². The molecule has 0 bridgehead atoms. The highest BCUT2D eigenvalue weighted by Gasteiger charge is 2.17. The minimum Gasteiger partial charge on any atom is -0.489 e. The predicted molar refractivity (Wildman–Crippen MR) is 77.8 cm³/mol. The van der Waals surface area contributed by atoms with Gasteiger partial charge in [-0.1, -0.05) is 17.7 Å². The molecule has 1 atom stereocenters. The highest BCUT2D eigenvalue weighted by Crippen LogP contribution is 2.29. The summed E-state index contributed by atoms with van der Waals surface area (Å²) in [5.41, 5.74) is 0.305. The lowest BCUT2D eigenvalue weighted by Crippen LogP contribution is -2.24. The van der Waals surface area contributed by atoms with Crippen LogP contribution in [0.2, 0.25) is 5.02 Å². The second-order valence-electron chi connectivity index (χ2n) is 4.62. The first-order valence-corrected chi connectivity index (χ1v) is 7.33. The van der Waals surface area contributed by atoms with E-state index in [2.05, 4.69) is 0 Å². The third-order valence-corrected chi connectivity index (χ3v) is 3.44. The lowest BCUT2D eigenvalue weighted by Gasteiger charge is -2.22. The van der Waals surface area contributed by atoms with Gasteiger partial charge in [0.2, 0.25) is 0 Å². The Balaban J connectivity index is 1.86. The van der Waals surface area contributed by atoms with E-state index in [1.54, 1.807) is 18.2 Å². The van der Waals surface area contributed by atoms with Gasteiger partial charge in [-0.3, -0.25) is 0 Å². The molecule has 5 nitrogen and oxygen atoms in total. The first kappa shape index (κ1) is 16.1.